The van der Waals surface area contributed by atoms with Crippen molar-refractivity contribution in [2.75, 3.05) is 6.54 Å². The van der Waals surface area contributed by atoms with Crippen LogP contribution in [-0.2, 0) is 29.1 Å². The lowest BCUT2D eigenvalue weighted by Gasteiger charge is -2.25. The number of aromatic nitrogens is 1. The number of benzene rings is 2. The molecule has 0 radical (unpaired) electrons. The average Bonchev–Trinajstić information content (AvgIpc) is 3.03. The second-order valence-electron chi connectivity index (χ2n) is 6.21. The third-order valence-corrected chi connectivity index (χ3v) is 4.56. The summed E-state index contributed by atoms with van der Waals surface area (Å²) >= 11 is 0. The maximum Gasteiger partial charge on any atom is 0.240 e. The topological polar surface area (TPSA) is 43.3 Å². The van der Waals surface area contributed by atoms with Gasteiger partial charge in [0.1, 0.15) is 6.54 Å². The first-order valence-corrected chi connectivity index (χ1v) is 8.28. The highest BCUT2D eigenvalue weighted by molar-refractivity contribution is 5.83. The number of nitrogens with zero attached hydrogens (tertiary/aromatic N) is 1. The van der Waals surface area contributed by atoms with Gasteiger partial charge in [0.05, 0.1) is 12.7 Å². The van der Waals surface area contributed by atoms with Gasteiger partial charge < -0.3 is 14.6 Å². The third kappa shape index (κ3) is 3.05. The largest absolute Gasteiger partial charge is 0.371 e. The molecule has 1 N–H and O–H groups in total. The lowest BCUT2D eigenvalue weighted by molar-refractivity contribution is -0.122. The van der Waals surface area contributed by atoms with E-state index in [0.717, 1.165) is 17.3 Å². The highest BCUT2D eigenvalue weighted by Gasteiger charge is 2.19. The average molecular weight is 320 g/mol. The Morgan fingerprint density at radius 1 is 1.08 bits per heavy atom. The summed E-state index contributed by atoms with van der Waals surface area (Å²) in [6.45, 7) is 1.50. The highest BCUT2D eigenvalue weighted by Crippen LogP contribution is 2.20. The number of para-hydroxylation sites is 1. The van der Waals surface area contributed by atoms with Crippen molar-refractivity contribution in [3.8, 4) is 0 Å². The monoisotopic (exact) mass is 320 g/mol. The zero-order valence-corrected chi connectivity index (χ0v) is 13.4. The van der Waals surface area contributed by atoms with E-state index < -0.39 is 0 Å². The van der Waals surface area contributed by atoms with E-state index in [0.29, 0.717) is 19.7 Å². The van der Waals surface area contributed by atoms with Crippen LogP contribution in [0.3, 0.4) is 0 Å². The zero-order chi connectivity index (χ0) is 16.4. The van der Waals surface area contributed by atoms with Gasteiger partial charge in [0.2, 0.25) is 5.91 Å². The van der Waals surface area contributed by atoms with Crippen LogP contribution >= 0.6 is 0 Å². The predicted molar refractivity (Wildman–Crippen MR) is 93.7 cm³/mol. The van der Waals surface area contributed by atoms with Gasteiger partial charge in [-0.05, 0) is 28.6 Å². The van der Waals surface area contributed by atoms with Crippen LogP contribution in [0.2, 0.25) is 0 Å². The van der Waals surface area contributed by atoms with Crippen LogP contribution in [0.1, 0.15) is 11.1 Å². The second-order valence-corrected chi connectivity index (χ2v) is 6.21. The van der Waals surface area contributed by atoms with E-state index in [9.17, 15) is 4.79 Å². The number of hydrogen-bond donors (Lipinski definition) is 1. The summed E-state index contributed by atoms with van der Waals surface area (Å²) in [4.78, 5) is 12.3. The predicted octanol–water partition coefficient (Wildman–Crippen LogP) is 2.90. The Morgan fingerprint density at radius 3 is 2.79 bits per heavy atom. The minimum Gasteiger partial charge on any atom is -0.371 e. The third-order valence-electron chi connectivity index (χ3n) is 4.56. The van der Waals surface area contributed by atoms with Gasteiger partial charge in [-0.25, -0.2) is 0 Å². The van der Waals surface area contributed by atoms with Crippen LogP contribution in [-0.4, -0.2) is 23.1 Å². The lowest BCUT2D eigenvalue weighted by atomic mass is 9.99. The van der Waals surface area contributed by atoms with E-state index in [1.165, 1.54) is 11.1 Å². The van der Waals surface area contributed by atoms with Crippen molar-refractivity contribution in [3.63, 3.8) is 0 Å². The van der Waals surface area contributed by atoms with Gasteiger partial charge in [-0.15, -0.1) is 0 Å². The summed E-state index contributed by atoms with van der Waals surface area (Å²) in [6, 6.07) is 18.4. The molecule has 1 aliphatic heterocycles. The molecule has 24 heavy (non-hydrogen) atoms. The van der Waals surface area contributed by atoms with E-state index >= 15 is 0 Å². The van der Waals surface area contributed by atoms with Crippen molar-refractivity contribution >= 4 is 16.8 Å². The quantitative estimate of drug-likeness (QED) is 0.803. The molecule has 0 fully saturated rings. The Kier molecular flexibility index (Phi) is 4.05. The molecule has 0 saturated heterocycles. The first-order chi connectivity index (χ1) is 11.8. The summed E-state index contributed by atoms with van der Waals surface area (Å²) in [6.07, 6.45) is 2.85. The molecule has 2 heterocycles. The van der Waals surface area contributed by atoms with E-state index in [-0.39, 0.29) is 12.0 Å². The fourth-order valence-corrected chi connectivity index (χ4v) is 3.26. The molecule has 4 nitrogen and oxygen atoms in total. The van der Waals surface area contributed by atoms with Crippen LogP contribution in [0.5, 0.6) is 0 Å². The molecule has 3 aromatic rings. The van der Waals surface area contributed by atoms with Gasteiger partial charge in [-0.1, -0.05) is 42.5 Å². The number of amides is 1. The van der Waals surface area contributed by atoms with Crippen molar-refractivity contribution in [3.05, 3.63) is 71.9 Å². The van der Waals surface area contributed by atoms with Gasteiger partial charge >= 0.3 is 0 Å². The Labute approximate surface area is 141 Å². The Bertz CT molecular complexity index is 869. The SMILES string of the molecule is O=C(Cn1ccc2ccccc21)NCC1Cc2ccccc2CO1. The molecular formula is C20H20N2O2. The van der Waals surface area contributed by atoms with Crippen molar-refractivity contribution in [2.24, 2.45) is 0 Å². The van der Waals surface area contributed by atoms with Gasteiger partial charge in [-0.3, -0.25) is 4.79 Å². The van der Waals surface area contributed by atoms with E-state index in [1.54, 1.807) is 0 Å². The maximum atomic E-state index is 12.3. The fraction of sp³-hybridized carbons (Fsp3) is 0.250. The molecular weight excluding hydrogens is 300 g/mol. The lowest BCUT2D eigenvalue weighted by Crippen LogP contribution is -2.38. The summed E-state index contributed by atoms with van der Waals surface area (Å²) in [7, 11) is 0. The van der Waals surface area contributed by atoms with Gasteiger partial charge in [0, 0.05) is 24.7 Å². The summed E-state index contributed by atoms with van der Waals surface area (Å²) in [5.41, 5.74) is 3.65. The maximum absolute atomic E-state index is 12.3. The molecule has 1 unspecified atom stereocenters. The first-order valence-electron chi connectivity index (χ1n) is 8.28. The number of nitrogens with one attached hydrogen (secondary N) is 1. The van der Waals surface area contributed by atoms with E-state index in [2.05, 4.69) is 29.6 Å². The summed E-state index contributed by atoms with van der Waals surface area (Å²) in [5.74, 6) is 0.0128. The smallest absolute Gasteiger partial charge is 0.240 e. The van der Waals surface area contributed by atoms with Crippen molar-refractivity contribution in [2.45, 2.75) is 25.7 Å². The van der Waals surface area contributed by atoms with Crippen molar-refractivity contribution < 1.29 is 9.53 Å². The molecule has 1 aromatic heterocycles. The highest BCUT2D eigenvalue weighted by atomic mass is 16.5. The van der Waals surface area contributed by atoms with Crippen molar-refractivity contribution in [1.82, 2.24) is 9.88 Å². The molecule has 1 amide bonds. The summed E-state index contributed by atoms with van der Waals surface area (Å²) < 4.78 is 7.81. The van der Waals surface area contributed by atoms with E-state index in [1.807, 2.05) is 41.1 Å². The molecule has 1 aliphatic rings. The molecule has 0 saturated carbocycles. The minimum atomic E-state index is 0.0128. The number of rotatable bonds is 4. The van der Waals surface area contributed by atoms with Gasteiger partial charge in [-0.2, -0.15) is 0 Å². The zero-order valence-electron chi connectivity index (χ0n) is 13.4. The molecule has 1 atom stereocenters. The second kappa shape index (κ2) is 6.49. The number of carbonyl (C=O) groups is 1. The molecule has 4 heteroatoms. The van der Waals surface area contributed by atoms with Gasteiger partial charge in [0.15, 0.2) is 0 Å². The number of hydrogen-bond acceptors (Lipinski definition) is 2. The Morgan fingerprint density at radius 2 is 1.88 bits per heavy atom. The van der Waals surface area contributed by atoms with Crippen LogP contribution in [0.15, 0.2) is 60.8 Å². The van der Waals surface area contributed by atoms with Crippen LogP contribution < -0.4 is 5.32 Å². The molecule has 2 aromatic carbocycles. The molecule has 0 aliphatic carbocycles. The van der Waals surface area contributed by atoms with Gasteiger partial charge in [0.25, 0.3) is 0 Å². The molecule has 0 bridgehead atoms. The summed E-state index contributed by atoms with van der Waals surface area (Å²) in [5, 5.41) is 4.15. The van der Waals surface area contributed by atoms with E-state index in [4.69, 9.17) is 4.74 Å². The number of fused-ring (bicyclic) bond motifs is 2. The molecule has 0 spiro atoms. The number of ether oxygens (including phenoxy) is 1. The Hall–Kier alpha value is -2.59. The standard InChI is InChI=1S/C20H20N2O2/c23-20(13-22-10-9-15-5-3-4-8-19(15)22)21-12-18-11-16-6-1-2-7-17(16)14-24-18/h1-10,18H,11-14H2,(H,21,23). The van der Waals surface area contributed by atoms with Crippen LogP contribution in [0.25, 0.3) is 10.9 Å². The van der Waals surface area contributed by atoms with Crippen molar-refractivity contribution in [1.29, 1.82) is 0 Å². The molecule has 122 valence electrons. The number of carbonyl (C=O) groups excluding carboxylic acids is 1. The fourth-order valence-electron chi connectivity index (χ4n) is 3.26. The normalized spacial score (nSPS) is 16.8. The first kappa shape index (κ1) is 15.0. The van der Waals surface area contributed by atoms with Crippen LogP contribution in [0, 0.1) is 0 Å². The Balaban J connectivity index is 1.34. The molecule has 4 rings (SSSR count). The van der Waals surface area contributed by atoms with Crippen LogP contribution in [0.4, 0.5) is 0 Å². The minimum absolute atomic E-state index is 0.0128.